The molecule has 0 fully saturated rings. The van der Waals surface area contributed by atoms with Crippen LogP contribution in [0.4, 0.5) is 0 Å². The monoisotopic (exact) mass is 360 g/mol. The maximum absolute atomic E-state index is 12.4. The number of amides is 1. The fourth-order valence-corrected chi connectivity index (χ4v) is 3.71. The number of sulfonamides is 1. The normalized spacial score (nSPS) is 11.5. The van der Waals surface area contributed by atoms with E-state index in [1.54, 1.807) is 49.3 Å². The molecule has 0 radical (unpaired) electrons. The molecule has 0 atom stereocenters. The molecule has 1 amide bonds. The first kappa shape index (κ1) is 19.1. The highest BCUT2D eigenvalue weighted by Gasteiger charge is 2.20. The number of carbonyl (C=O) groups excluding carboxylic acids is 1. The zero-order valence-corrected chi connectivity index (χ0v) is 15.4. The van der Waals surface area contributed by atoms with Crippen LogP contribution in [0.3, 0.4) is 0 Å². The Balaban J connectivity index is 1.82. The second-order valence-electron chi connectivity index (χ2n) is 5.98. The van der Waals surface area contributed by atoms with E-state index in [-0.39, 0.29) is 10.8 Å². The molecule has 0 N–H and O–H groups in total. The summed E-state index contributed by atoms with van der Waals surface area (Å²) in [5.74, 6) is 0.00867. The minimum absolute atomic E-state index is 0.00867. The summed E-state index contributed by atoms with van der Waals surface area (Å²) in [6, 6.07) is 18.1. The van der Waals surface area contributed by atoms with Gasteiger partial charge >= 0.3 is 0 Å². The lowest BCUT2D eigenvalue weighted by Crippen LogP contribution is -2.30. The van der Waals surface area contributed by atoms with Crippen LogP contribution in [-0.2, 0) is 21.4 Å². The van der Waals surface area contributed by atoms with Crippen molar-refractivity contribution in [2.24, 2.45) is 0 Å². The Morgan fingerprint density at radius 2 is 1.48 bits per heavy atom. The van der Waals surface area contributed by atoms with Gasteiger partial charge in [-0.1, -0.05) is 48.5 Å². The smallest absolute Gasteiger partial charge is 0.242 e. The van der Waals surface area contributed by atoms with Crippen molar-refractivity contribution in [2.45, 2.75) is 24.3 Å². The van der Waals surface area contributed by atoms with Crippen molar-refractivity contribution in [3.05, 3.63) is 66.2 Å². The van der Waals surface area contributed by atoms with Gasteiger partial charge in [0.1, 0.15) is 0 Å². The van der Waals surface area contributed by atoms with Crippen molar-refractivity contribution >= 4 is 15.9 Å². The summed E-state index contributed by atoms with van der Waals surface area (Å²) in [6.07, 6.45) is 0.804. The molecule has 134 valence electrons. The summed E-state index contributed by atoms with van der Waals surface area (Å²) >= 11 is 0. The topological polar surface area (TPSA) is 57.7 Å². The van der Waals surface area contributed by atoms with Crippen molar-refractivity contribution in [2.75, 3.05) is 20.6 Å². The number of hydrogen-bond donors (Lipinski definition) is 0. The minimum Gasteiger partial charge on any atom is -0.341 e. The second-order valence-corrected chi connectivity index (χ2v) is 8.02. The Bertz CT molecular complexity index is 777. The standard InChI is InChI=1S/C19H24N2O3S/c1-20(16-17-10-5-3-6-11-17)19(22)14-9-15-21(2)25(23,24)18-12-7-4-8-13-18/h3-8,10-13H,9,14-16H2,1-2H3. The average Bonchev–Trinajstić information content (AvgIpc) is 2.63. The summed E-state index contributed by atoms with van der Waals surface area (Å²) in [6.45, 7) is 0.861. The van der Waals surface area contributed by atoms with Gasteiger partial charge in [-0.15, -0.1) is 0 Å². The Labute approximate surface area is 149 Å². The summed E-state index contributed by atoms with van der Waals surface area (Å²) in [5.41, 5.74) is 1.07. The molecule has 2 aromatic rings. The minimum atomic E-state index is -3.50. The van der Waals surface area contributed by atoms with Crippen molar-refractivity contribution in [1.82, 2.24) is 9.21 Å². The van der Waals surface area contributed by atoms with E-state index in [0.717, 1.165) is 5.56 Å². The van der Waals surface area contributed by atoms with Gasteiger partial charge in [-0.2, -0.15) is 0 Å². The molecule has 0 aliphatic heterocycles. The predicted octanol–water partition coefficient (Wildman–Crippen LogP) is 2.75. The highest BCUT2D eigenvalue weighted by atomic mass is 32.2. The van der Waals surface area contributed by atoms with E-state index < -0.39 is 10.0 Å². The van der Waals surface area contributed by atoms with Crippen LogP contribution < -0.4 is 0 Å². The number of rotatable bonds is 8. The lowest BCUT2D eigenvalue weighted by Gasteiger charge is -2.19. The molecule has 6 heteroatoms. The third-order valence-electron chi connectivity index (χ3n) is 4.00. The van der Waals surface area contributed by atoms with Crippen LogP contribution in [0.15, 0.2) is 65.6 Å². The molecule has 0 aliphatic carbocycles. The molecule has 0 bridgehead atoms. The molecule has 0 unspecified atom stereocenters. The Kier molecular flexibility index (Phi) is 6.73. The van der Waals surface area contributed by atoms with E-state index >= 15 is 0 Å². The highest BCUT2D eigenvalue weighted by molar-refractivity contribution is 7.89. The molecule has 5 nitrogen and oxygen atoms in total. The van der Waals surface area contributed by atoms with Gasteiger partial charge in [0.05, 0.1) is 4.90 Å². The number of benzene rings is 2. The molecular formula is C19H24N2O3S. The van der Waals surface area contributed by atoms with E-state index in [9.17, 15) is 13.2 Å². The summed E-state index contributed by atoms with van der Waals surface area (Å²) in [5, 5.41) is 0. The van der Waals surface area contributed by atoms with Crippen LogP contribution >= 0.6 is 0 Å². The molecule has 0 aromatic heterocycles. The fourth-order valence-electron chi connectivity index (χ4n) is 2.48. The second kappa shape index (κ2) is 8.78. The fraction of sp³-hybridized carbons (Fsp3) is 0.316. The van der Waals surface area contributed by atoms with Gasteiger partial charge in [-0.3, -0.25) is 4.79 Å². The number of hydrogen-bond acceptors (Lipinski definition) is 3. The summed E-state index contributed by atoms with van der Waals surface area (Å²) in [7, 11) is -0.191. The molecule has 25 heavy (non-hydrogen) atoms. The first-order chi connectivity index (χ1) is 11.9. The summed E-state index contributed by atoms with van der Waals surface area (Å²) < 4.78 is 26.1. The third kappa shape index (κ3) is 5.41. The SMILES string of the molecule is CN(Cc1ccccc1)C(=O)CCCN(C)S(=O)(=O)c1ccccc1. The van der Waals surface area contributed by atoms with E-state index in [2.05, 4.69) is 0 Å². The summed E-state index contributed by atoms with van der Waals surface area (Å²) in [4.78, 5) is 14.1. The Morgan fingerprint density at radius 3 is 2.08 bits per heavy atom. The van der Waals surface area contributed by atoms with Crippen LogP contribution in [0.2, 0.25) is 0 Å². The Morgan fingerprint density at radius 1 is 0.920 bits per heavy atom. The van der Waals surface area contributed by atoms with Crippen molar-refractivity contribution in [3.63, 3.8) is 0 Å². The molecule has 0 aliphatic rings. The van der Waals surface area contributed by atoms with Crippen LogP contribution in [0.25, 0.3) is 0 Å². The molecule has 0 saturated carbocycles. The van der Waals surface area contributed by atoms with Crippen molar-refractivity contribution in [1.29, 1.82) is 0 Å². The van der Waals surface area contributed by atoms with Crippen LogP contribution in [-0.4, -0.2) is 44.2 Å². The molecule has 0 saturated heterocycles. The zero-order chi connectivity index (χ0) is 18.3. The first-order valence-electron chi connectivity index (χ1n) is 8.20. The van der Waals surface area contributed by atoms with Gasteiger partial charge in [0.15, 0.2) is 0 Å². The quantitative estimate of drug-likeness (QED) is 0.727. The van der Waals surface area contributed by atoms with Crippen LogP contribution in [0, 0.1) is 0 Å². The van der Waals surface area contributed by atoms with Crippen LogP contribution in [0.1, 0.15) is 18.4 Å². The molecule has 0 spiro atoms. The van der Waals surface area contributed by atoms with Crippen molar-refractivity contribution < 1.29 is 13.2 Å². The molecule has 0 heterocycles. The largest absolute Gasteiger partial charge is 0.341 e. The predicted molar refractivity (Wildman–Crippen MR) is 98.4 cm³/mol. The van der Waals surface area contributed by atoms with Gasteiger partial charge in [0, 0.05) is 33.6 Å². The highest BCUT2D eigenvalue weighted by Crippen LogP contribution is 2.14. The first-order valence-corrected chi connectivity index (χ1v) is 9.64. The number of carbonyl (C=O) groups is 1. The molecule has 2 rings (SSSR count). The Hall–Kier alpha value is -2.18. The molecule has 2 aromatic carbocycles. The van der Waals surface area contributed by atoms with Crippen molar-refractivity contribution in [3.8, 4) is 0 Å². The maximum atomic E-state index is 12.4. The van der Waals surface area contributed by atoms with Crippen LogP contribution in [0.5, 0.6) is 0 Å². The van der Waals surface area contributed by atoms with Gasteiger partial charge < -0.3 is 4.90 Å². The van der Waals surface area contributed by atoms with E-state index in [0.29, 0.717) is 25.9 Å². The lowest BCUT2D eigenvalue weighted by molar-refractivity contribution is -0.130. The van der Waals surface area contributed by atoms with E-state index in [4.69, 9.17) is 0 Å². The van der Waals surface area contributed by atoms with Gasteiger partial charge in [-0.05, 0) is 24.1 Å². The third-order valence-corrected chi connectivity index (χ3v) is 5.87. The van der Waals surface area contributed by atoms with E-state index in [1.165, 1.54) is 4.31 Å². The maximum Gasteiger partial charge on any atom is 0.242 e. The zero-order valence-electron chi connectivity index (χ0n) is 14.6. The molecular weight excluding hydrogens is 336 g/mol. The van der Waals surface area contributed by atoms with Gasteiger partial charge in [0.2, 0.25) is 15.9 Å². The number of nitrogens with zero attached hydrogens (tertiary/aromatic N) is 2. The lowest BCUT2D eigenvalue weighted by atomic mass is 10.2. The van der Waals surface area contributed by atoms with Gasteiger partial charge in [-0.25, -0.2) is 12.7 Å². The van der Waals surface area contributed by atoms with E-state index in [1.807, 2.05) is 30.3 Å². The average molecular weight is 360 g/mol. The van der Waals surface area contributed by atoms with Gasteiger partial charge in [0.25, 0.3) is 0 Å².